The smallest absolute Gasteiger partial charge is 0.191 e. The van der Waals surface area contributed by atoms with Crippen LogP contribution in [0.15, 0.2) is 11.2 Å². The number of rotatable bonds is 7. The molecule has 19 heavy (non-hydrogen) atoms. The second kappa shape index (κ2) is 8.87. The second-order valence-corrected chi connectivity index (χ2v) is 5.70. The van der Waals surface area contributed by atoms with E-state index in [2.05, 4.69) is 53.3 Å². The van der Waals surface area contributed by atoms with E-state index in [4.69, 9.17) is 0 Å². The first-order chi connectivity index (χ1) is 9.15. The van der Waals surface area contributed by atoms with Crippen LogP contribution in [-0.4, -0.2) is 49.1 Å². The summed E-state index contributed by atoms with van der Waals surface area (Å²) in [4.78, 5) is 12.4. The van der Waals surface area contributed by atoms with Gasteiger partial charge in [-0.25, -0.2) is 9.98 Å². The van der Waals surface area contributed by atoms with Crippen LogP contribution < -0.4 is 10.6 Å². The topological polar surface area (TPSA) is 52.6 Å². The number of nitrogens with zero attached hydrogens (tertiary/aromatic N) is 3. The van der Waals surface area contributed by atoms with Crippen LogP contribution in [0.4, 0.5) is 0 Å². The maximum absolute atomic E-state index is 4.54. The van der Waals surface area contributed by atoms with Crippen LogP contribution in [0.1, 0.15) is 23.7 Å². The molecule has 5 nitrogen and oxygen atoms in total. The molecule has 0 fully saturated rings. The SMILES string of the molecule is CCNC(=NCc1ncc(C)s1)NCCN(C)CC. The Morgan fingerprint density at radius 2 is 2.21 bits per heavy atom. The summed E-state index contributed by atoms with van der Waals surface area (Å²) in [7, 11) is 2.12. The Morgan fingerprint density at radius 1 is 1.42 bits per heavy atom. The van der Waals surface area contributed by atoms with E-state index in [0.29, 0.717) is 6.54 Å². The average molecular weight is 283 g/mol. The third-order valence-corrected chi connectivity index (χ3v) is 3.61. The van der Waals surface area contributed by atoms with Crippen molar-refractivity contribution < 1.29 is 0 Å². The molecule has 0 saturated heterocycles. The lowest BCUT2D eigenvalue weighted by atomic mass is 10.5. The quantitative estimate of drug-likeness (QED) is 0.587. The first-order valence-electron chi connectivity index (χ1n) is 6.77. The Bertz CT molecular complexity index is 388. The maximum Gasteiger partial charge on any atom is 0.191 e. The highest BCUT2D eigenvalue weighted by atomic mass is 32.1. The van der Waals surface area contributed by atoms with Gasteiger partial charge in [0, 0.05) is 30.7 Å². The van der Waals surface area contributed by atoms with E-state index in [1.165, 1.54) is 4.88 Å². The third-order valence-electron chi connectivity index (χ3n) is 2.71. The Balaban J connectivity index is 2.42. The van der Waals surface area contributed by atoms with Crippen molar-refractivity contribution in [2.75, 3.05) is 33.2 Å². The first-order valence-corrected chi connectivity index (χ1v) is 7.59. The lowest BCUT2D eigenvalue weighted by molar-refractivity contribution is 0.357. The number of aromatic nitrogens is 1. The molecular weight excluding hydrogens is 258 g/mol. The molecule has 1 rings (SSSR count). The summed E-state index contributed by atoms with van der Waals surface area (Å²) in [6.45, 7) is 10.8. The fraction of sp³-hybridized carbons (Fsp3) is 0.692. The van der Waals surface area contributed by atoms with Crippen molar-refractivity contribution in [2.45, 2.75) is 27.3 Å². The van der Waals surface area contributed by atoms with E-state index >= 15 is 0 Å². The predicted octanol–water partition coefficient (Wildman–Crippen LogP) is 1.46. The fourth-order valence-corrected chi connectivity index (χ4v) is 2.20. The zero-order chi connectivity index (χ0) is 14.1. The molecule has 108 valence electrons. The minimum Gasteiger partial charge on any atom is -0.357 e. The average Bonchev–Trinajstić information content (AvgIpc) is 2.81. The van der Waals surface area contributed by atoms with Crippen LogP contribution >= 0.6 is 11.3 Å². The minimum atomic E-state index is 0.636. The molecule has 6 heteroatoms. The summed E-state index contributed by atoms with van der Waals surface area (Å²) in [5, 5.41) is 7.64. The molecule has 2 N–H and O–H groups in total. The van der Waals surface area contributed by atoms with E-state index in [1.807, 2.05) is 6.20 Å². The maximum atomic E-state index is 4.54. The van der Waals surface area contributed by atoms with Crippen molar-refractivity contribution in [3.63, 3.8) is 0 Å². The number of hydrogen-bond donors (Lipinski definition) is 2. The standard InChI is InChI=1S/C13H25N5S/c1-5-14-13(15-7-8-18(4)6-2)17-10-12-16-9-11(3)19-12/h9H,5-8,10H2,1-4H3,(H2,14,15,17). The van der Waals surface area contributed by atoms with E-state index in [1.54, 1.807) is 11.3 Å². The van der Waals surface area contributed by atoms with Gasteiger partial charge < -0.3 is 15.5 Å². The molecular formula is C13H25N5S. The van der Waals surface area contributed by atoms with Crippen molar-refractivity contribution in [3.8, 4) is 0 Å². The van der Waals surface area contributed by atoms with Gasteiger partial charge in [0.25, 0.3) is 0 Å². The van der Waals surface area contributed by atoms with Crippen molar-refractivity contribution in [3.05, 3.63) is 16.1 Å². The van der Waals surface area contributed by atoms with Gasteiger partial charge in [-0.1, -0.05) is 6.92 Å². The second-order valence-electron chi connectivity index (χ2n) is 4.38. The van der Waals surface area contributed by atoms with E-state index in [0.717, 1.165) is 37.1 Å². The lowest BCUT2D eigenvalue weighted by Crippen LogP contribution is -2.40. The molecule has 0 bridgehead atoms. The monoisotopic (exact) mass is 283 g/mol. The molecule has 0 aliphatic rings. The Hall–Kier alpha value is -1.14. The molecule has 0 aromatic carbocycles. The van der Waals surface area contributed by atoms with Gasteiger partial charge in [-0.2, -0.15) is 0 Å². The summed E-state index contributed by atoms with van der Waals surface area (Å²) in [6, 6.07) is 0. The molecule has 0 atom stereocenters. The molecule has 0 saturated carbocycles. The largest absolute Gasteiger partial charge is 0.357 e. The Labute approximate surface area is 120 Å². The summed E-state index contributed by atoms with van der Waals surface area (Å²) in [6.07, 6.45) is 1.89. The van der Waals surface area contributed by atoms with E-state index in [9.17, 15) is 0 Å². The Morgan fingerprint density at radius 3 is 2.79 bits per heavy atom. The van der Waals surface area contributed by atoms with E-state index < -0.39 is 0 Å². The fourth-order valence-electron chi connectivity index (χ4n) is 1.49. The molecule has 0 spiro atoms. The highest BCUT2D eigenvalue weighted by molar-refractivity contribution is 7.11. The number of aryl methyl sites for hydroxylation is 1. The van der Waals surface area contributed by atoms with Gasteiger partial charge in [0.15, 0.2) is 5.96 Å². The number of nitrogens with one attached hydrogen (secondary N) is 2. The van der Waals surface area contributed by atoms with Crippen LogP contribution in [0.2, 0.25) is 0 Å². The minimum absolute atomic E-state index is 0.636. The van der Waals surface area contributed by atoms with Crippen molar-refractivity contribution >= 4 is 17.3 Å². The van der Waals surface area contributed by atoms with Gasteiger partial charge in [0.1, 0.15) is 5.01 Å². The Kier molecular flexibility index (Phi) is 7.43. The van der Waals surface area contributed by atoms with Gasteiger partial charge >= 0.3 is 0 Å². The number of hydrogen-bond acceptors (Lipinski definition) is 4. The van der Waals surface area contributed by atoms with Crippen LogP contribution in [-0.2, 0) is 6.54 Å². The molecule has 0 amide bonds. The van der Waals surface area contributed by atoms with Gasteiger partial charge in [-0.05, 0) is 27.4 Å². The highest BCUT2D eigenvalue weighted by Gasteiger charge is 2.01. The van der Waals surface area contributed by atoms with Gasteiger partial charge in [0.2, 0.25) is 0 Å². The molecule has 0 radical (unpaired) electrons. The van der Waals surface area contributed by atoms with E-state index in [-0.39, 0.29) is 0 Å². The molecule has 0 aliphatic heterocycles. The summed E-state index contributed by atoms with van der Waals surface area (Å²) in [5.74, 6) is 0.861. The molecule has 0 unspecified atom stereocenters. The van der Waals surface area contributed by atoms with Gasteiger partial charge in [-0.15, -0.1) is 11.3 Å². The predicted molar refractivity (Wildman–Crippen MR) is 82.8 cm³/mol. The zero-order valence-electron chi connectivity index (χ0n) is 12.4. The molecule has 1 aromatic heterocycles. The van der Waals surface area contributed by atoms with Crippen LogP contribution in [0.25, 0.3) is 0 Å². The van der Waals surface area contributed by atoms with Crippen molar-refractivity contribution in [1.29, 1.82) is 0 Å². The highest BCUT2D eigenvalue weighted by Crippen LogP contribution is 2.11. The van der Waals surface area contributed by atoms with Gasteiger partial charge in [0.05, 0.1) is 6.54 Å². The third kappa shape index (κ3) is 6.54. The van der Waals surface area contributed by atoms with Crippen molar-refractivity contribution in [2.24, 2.45) is 4.99 Å². The number of aliphatic imine (C=N–C) groups is 1. The number of likely N-dealkylation sites (N-methyl/N-ethyl adjacent to an activating group) is 1. The number of guanidine groups is 1. The first kappa shape index (κ1) is 15.9. The molecule has 1 aromatic rings. The normalized spacial score (nSPS) is 11.9. The van der Waals surface area contributed by atoms with Crippen LogP contribution in [0.3, 0.4) is 0 Å². The molecule has 0 aliphatic carbocycles. The van der Waals surface area contributed by atoms with Crippen LogP contribution in [0, 0.1) is 6.92 Å². The summed E-state index contributed by atoms with van der Waals surface area (Å²) in [5.41, 5.74) is 0. The van der Waals surface area contributed by atoms with Gasteiger partial charge in [-0.3, -0.25) is 0 Å². The zero-order valence-corrected chi connectivity index (χ0v) is 13.2. The molecule has 1 heterocycles. The summed E-state index contributed by atoms with van der Waals surface area (Å²) >= 11 is 1.70. The summed E-state index contributed by atoms with van der Waals surface area (Å²) < 4.78 is 0. The van der Waals surface area contributed by atoms with Crippen LogP contribution in [0.5, 0.6) is 0 Å². The number of thiazole rings is 1. The van der Waals surface area contributed by atoms with Crippen molar-refractivity contribution in [1.82, 2.24) is 20.5 Å². The lowest BCUT2D eigenvalue weighted by Gasteiger charge is -2.16.